The van der Waals surface area contributed by atoms with E-state index in [4.69, 9.17) is 4.74 Å². The SMILES string of the molecule is CCN(CC)CCOCC(O)c1cc2ccsc2cc1Br. The predicted octanol–water partition coefficient (Wildman–Crippen LogP) is 4.06. The van der Waals surface area contributed by atoms with Crippen LogP contribution in [0.15, 0.2) is 28.1 Å². The van der Waals surface area contributed by atoms with Gasteiger partial charge in [0.25, 0.3) is 0 Å². The summed E-state index contributed by atoms with van der Waals surface area (Å²) in [6.45, 7) is 8.24. The van der Waals surface area contributed by atoms with Gasteiger partial charge in [0.15, 0.2) is 0 Å². The monoisotopic (exact) mass is 371 g/mol. The Bertz CT molecular complexity index is 568. The number of likely N-dealkylation sites (N-methyl/N-ethyl adjacent to an activating group) is 1. The lowest BCUT2D eigenvalue weighted by Crippen LogP contribution is -2.27. The molecule has 0 aliphatic rings. The summed E-state index contributed by atoms with van der Waals surface area (Å²) in [7, 11) is 0. The minimum Gasteiger partial charge on any atom is -0.386 e. The highest BCUT2D eigenvalue weighted by atomic mass is 79.9. The van der Waals surface area contributed by atoms with Gasteiger partial charge in [0, 0.05) is 15.7 Å². The van der Waals surface area contributed by atoms with E-state index >= 15 is 0 Å². The Morgan fingerprint density at radius 3 is 2.81 bits per heavy atom. The van der Waals surface area contributed by atoms with Crippen LogP contribution in [0.5, 0.6) is 0 Å². The molecule has 0 radical (unpaired) electrons. The number of ether oxygens (including phenoxy) is 1. The fourth-order valence-electron chi connectivity index (χ4n) is 2.28. The van der Waals surface area contributed by atoms with Crippen LogP contribution in [0.3, 0.4) is 0 Å². The highest BCUT2D eigenvalue weighted by molar-refractivity contribution is 9.10. The molecule has 21 heavy (non-hydrogen) atoms. The van der Waals surface area contributed by atoms with Crippen molar-refractivity contribution in [2.24, 2.45) is 0 Å². The van der Waals surface area contributed by atoms with Crippen molar-refractivity contribution in [2.75, 3.05) is 32.8 Å². The van der Waals surface area contributed by atoms with Gasteiger partial charge in [-0.2, -0.15) is 0 Å². The van der Waals surface area contributed by atoms with Crippen molar-refractivity contribution in [3.05, 3.63) is 33.6 Å². The Hall–Kier alpha value is -0.460. The van der Waals surface area contributed by atoms with E-state index in [0.717, 1.165) is 29.7 Å². The normalized spacial score (nSPS) is 13.2. The van der Waals surface area contributed by atoms with Crippen LogP contribution in [0.25, 0.3) is 10.1 Å². The molecule has 0 amide bonds. The Balaban J connectivity index is 1.89. The van der Waals surface area contributed by atoms with Crippen LogP contribution in [0.1, 0.15) is 25.5 Å². The van der Waals surface area contributed by atoms with Crippen LogP contribution in [0.2, 0.25) is 0 Å². The predicted molar refractivity (Wildman–Crippen MR) is 93.1 cm³/mol. The van der Waals surface area contributed by atoms with Gasteiger partial charge in [-0.15, -0.1) is 11.3 Å². The number of hydrogen-bond acceptors (Lipinski definition) is 4. The molecule has 5 heteroatoms. The quantitative estimate of drug-likeness (QED) is 0.710. The second-order valence-corrected chi connectivity index (χ2v) is 6.75. The number of fused-ring (bicyclic) bond motifs is 1. The van der Waals surface area contributed by atoms with Crippen molar-refractivity contribution < 1.29 is 9.84 Å². The molecule has 2 aromatic rings. The summed E-state index contributed by atoms with van der Waals surface area (Å²) >= 11 is 5.24. The maximum atomic E-state index is 10.3. The van der Waals surface area contributed by atoms with E-state index in [1.165, 1.54) is 10.1 Å². The van der Waals surface area contributed by atoms with Gasteiger partial charge < -0.3 is 14.7 Å². The van der Waals surface area contributed by atoms with Crippen molar-refractivity contribution in [3.63, 3.8) is 0 Å². The second kappa shape index (κ2) is 8.25. The third-order valence-electron chi connectivity index (χ3n) is 3.65. The van der Waals surface area contributed by atoms with Crippen LogP contribution >= 0.6 is 27.3 Å². The molecule has 0 saturated carbocycles. The number of aliphatic hydroxyl groups is 1. The Kier molecular flexibility index (Phi) is 6.64. The van der Waals surface area contributed by atoms with Gasteiger partial charge in [-0.25, -0.2) is 0 Å². The van der Waals surface area contributed by atoms with Crippen LogP contribution < -0.4 is 0 Å². The lowest BCUT2D eigenvalue weighted by Gasteiger charge is -2.19. The van der Waals surface area contributed by atoms with Crippen LogP contribution in [0.4, 0.5) is 0 Å². The summed E-state index contributed by atoms with van der Waals surface area (Å²) in [4.78, 5) is 2.31. The summed E-state index contributed by atoms with van der Waals surface area (Å²) in [6, 6.07) is 6.17. The highest BCUT2D eigenvalue weighted by Crippen LogP contribution is 2.31. The first kappa shape index (κ1) is 16.9. The van der Waals surface area contributed by atoms with Crippen molar-refractivity contribution in [3.8, 4) is 0 Å². The fraction of sp³-hybridized carbons (Fsp3) is 0.500. The first-order valence-corrected chi connectivity index (χ1v) is 8.97. The Morgan fingerprint density at radius 2 is 2.10 bits per heavy atom. The molecule has 1 aromatic heterocycles. The largest absolute Gasteiger partial charge is 0.386 e. The third-order valence-corrected chi connectivity index (χ3v) is 5.22. The molecule has 0 saturated heterocycles. The number of hydrogen-bond donors (Lipinski definition) is 1. The van der Waals surface area contributed by atoms with E-state index in [-0.39, 0.29) is 0 Å². The number of halogens is 1. The summed E-state index contributed by atoms with van der Waals surface area (Å²) < 4.78 is 7.79. The van der Waals surface area contributed by atoms with Gasteiger partial charge in [-0.05, 0) is 47.6 Å². The summed E-state index contributed by atoms with van der Waals surface area (Å²) in [5.41, 5.74) is 0.892. The molecule has 0 spiro atoms. The maximum absolute atomic E-state index is 10.3. The van der Waals surface area contributed by atoms with Crippen molar-refractivity contribution in [2.45, 2.75) is 20.0 Å². The van der Waals surface area contributed by atoms with Gasteiger partial charge in [-0.1, -0.05) is 29.8 Å². The van der Waals surface area contributed by atoms with E-state index in [0.29, 0.717) is 13.2 Å². The molecule has 1 heterocycles. The first-order valence-electron chi connectivity index (χ1n) is 7.30. The molecule has 0 fully saturated rings. The van der Waals surface area contributed by atoms with Crippen LogP contribution in [-0.2, 0) is 4.74 Å². The molecule has 1 unspecified atom stereocenters. The molecular formula is C16H22BrNO2S. The third kappa shape index (κ3) is 4.50. The number of benzene rings is 1. The Morgan fingerprint density at radius 1 is 1.33 bits per heavy atom. The molecule has 3 nitrogen and oxygen atoms in total. The highest BCUT2D eigenvalue weighted by Gasteiger charge is 2.13. The maximum Gasteiger partial charge on any atom is 0.103 e. The van der Waals surface area contributed by atoms with Crippen molar-refractivity contribution in [1.29, 1.82) is 0 Å². The van der Waals surface area contributed by atoms with E-state index in [1.807, 2.05) is 6.07 Å². The van der Waals surface area contributed by atoms with Gasteiger partial charge in [0.2, 0.25) is 0 Å². The van der Waals surface area contributed by atoms with Crippen molar-refractivity contribution in [1.82, 2.24) is 4.90 Å². The number of rotatable bonds is 8. The molecule has 116 valence electrons. The number of aliphatic hydroxyl groups excluding tert-OH is 1. The fourth-order valence-corrected chi connectivity index (χ4v) is 3.85. The van der Waals surface area contributed by atoms with Gasteiger partial charge >= 0.3 is 0 Å². The van der Waals surface area contributed by atoms with E-state index in [2.05, 4.69) is 52.2 Å². The zero-order valence-corrected chi connectivity index (χ0v) is 14.9. The number of nitrogens with zero attached hydrogens (tertiary/aromatic N) is 1. The zero-order valence-electron chi connectivity index (χ0n) is 12.5. The van der Waals surface area contributed by atoms with Gasteiger partial charge in [0.1, 0.15) is 6.10 Å². The minimum absolute atomic E-state index is 0.329. The van der Waals surface area contributed by atoms with Crippen molar-refractivity contribution >= 4 is 37.4 Å². The average molecular weight is 372 g/mol. The summed E-state index contributed by atoms with van der Waals surface area (Å²) in [5.74, 6) is 0. The number of thiophene rings is 1. The molecule has 1 atom stereocenters. The topological polar surface area (TPSA) is 32.7 Å². The molecule has 1 aromatic carbocycles. The minimum atomic E-state index is -0.597. The lowest BCUT2D eigenvalue weighted by molar-refractivity contribution is 0.0271. The second-order valence-electron chi connectivity index (χ2n) is 4.95. The van der Waals surface area contributed by atoms with Gasteiger partial charge in [0.05, 0.1) is 13.2 Å². The molecular weight excluding hydrogens is 350 g/mol. The standard InChI is InChI=1S/C16H22BrNO2S/c1-3-18(4-2)6-7-20-11-15(19)13-9-12-5-8-21-16(12)10-14(13)17/h5,8-10,15,19H,3-4,6-7,11H2,1-2H3. The molecule has 0 aliphatic heterocycles. The first-order chi connectivity index (χ1) is 10.2. The lowest BCUT2D eigenvalue weighted by atomic mass is 10.1. The zero-order chi connectivity index (χ0) is 15.2. The molecule has 0 bridgehead atoms. The average Bonchev–Trinajstić information content (AvgIpc) is 2.93. The van der Waals surface area contributed by atoms with E-state index in [1.54, 1.807) is 11.3 Å². The van der Waals surface area contributed by atoms with Gasteiger partial charge in [-0.3, -0.25) is 0 Å². The van der Waals surface area contributed by atoms with Crippen LogP contribution in [0, 0.1) is 0 Å². The summed E-state index contributed by atoms with van der Waals surface area (Å²) in [6.07, 6.45) is -0.597. The Labute approximate surface area is 138 Å². The smallest absolute Gasteiger partial charge is 0.103 e. The van der Waals surface area contributed by atoms with Crippen LogP contribution in [-0.4, -0.2) is 42.9 Å². The van der Waals surface area contributed by atoms with E-state index in [9.17, 15) is 5.11 Å². The summed E-state index contributed by atoms with van der Waals surface area (Å²) in [5, 5.41) is 13.5. The molecule has 1 N–H and O–H groups in total. The molecule has 2 rings (SSSR count). The van der Waals surface area contributed by atoms with E-state index < -0.39 is 6.10 Å². The molecule has 0 aliphatic carbocycles.